The molecule has 2 N–H and O–H groups in total. The number of aromatic nitrogens is 1. The number of carbonyl (C=O) groups excluding carboxylic acids is 2. The second-order valence-electron chi connectivity index (χ2n) is 7.05. The van der Waals surface area contributed by atoms with Crippen LogP contribution in [0.3, 0.4) is 0 Å². The second-order valence-corrected chi connectivity index (χ2v) is 8.43. The third kappa shape index (κ3) is 5.33. The second kappa shape index (κ2) is 9.93. The summed E-state index contributed by atoms with van der Waals surface area (Å²) < 4.78 is 19.2. The van der Waals surface area contributed by atoms with Gasteiger partial charge in [0.2, 0.25) is 0 Å². The molecule has 1 aromatic heterocycles. The van der Waals surface area contributed by atoms with Crippen molar-refractivity contribution < 1.29 is 18.7 Å². The summed E-state index contributed by atoms with van der Waals surface area (Å²) in [6.07, 6.45) is 2.13. The van der Waals surface area contributed by atoms with Crippen molar-refractivity contribution >= 4 is 40.8 Å². The van der Waals surface area contributed by atoms with Gasteiger partial charge in [-0.05, 0) is 42.3 Å². The zero-order valence-corrected chi connectivity index (χ0v) is 18.4. The molecule has 0 fully saturated rings. The molecule has 2 amide bonds. The number of rotatable bonds is 7. The fraction of sp³-hybridized carbons (Fsp3) is 0.174. The quantitative estimate of drug-likeness (QED) is 0.546. The predicted molar refractivity (Wildman–Crippen MR) is 121 cm³/mol. The van der Waals surface area contributed by atoms with Gasteiger partial charge in [-0.2, -0.15) is 0 Å². The molecule has 2 heterocycles. The number of nitrogens with one attached hydrogen (secondary N) is 2. The lowest BCUT2D eigenvalue weighted by molar-refractivity contribution is -0.117. The number of benzene rings is 2. The number of thiazole rings is 1. The zero-order chi connectivity index (χ0) is 22.5. The fourth-order valence-corrected chi connectivity index (χ4v) is 4.04. The first-order chi connectivity index (χ1) is 15.5. The molecule has 0 radical (unpaired) electrons. The number of halogens is 2. The fourth-order valence-electron chi connectivity index (χ4n) is 3.15. The number of fused-ring (bicyclic) bond motifs is 1. The van der Waals surface area contributed by atoms with Crippen molar-refractivity contribution in [2.24, 2.45) is 0 Å². The van der Waals surface area contributed by atoms with Gasteiger partial charge in [-0.1, -0.05) is 29.8 Å². The highest BCUT2D eigenvalue weighted by molar-refractivity contribution is 7.09. The Hall–Kier alpha value is -3.23. The maximum Gasteiger partial charge on any atom is 0.270 e. The average molecular weight is 472 g/mol. The molecule has 4 rings (SSSR count). The summed E-state index contributed by atoms with van der Waals surface area (Å²) in [4.78, 5) is 29.0. The minimum absolute atomic E-state index is 0.161. The molecule has 3 aromatic rings. The number of ether oxygens (including phenoxy) is 1. The standard InChI is InChI=1S/C23H19ClFN3O3S/c24-17-5-6-20-15(10-17)9-16(12-31-20)22(29)27-11-21-28-19(13-32-21)23(30)26-8-7-14-3-1-2-4-18(14)25/h1-6,9-10,13H,7-8,11-12H2,(H,26,30)(H,27,29). The molecule has 0 spiro atoms. The Kier molecular flexibility index (Phi) is 6.82. The SMILES string of the molecule is O=C(NCc1nc(C(=O)NCCc2ccccc2F)cs1)C1=Cc2cc(Cl)ccc2OC1. The van der Waals surface area contributed by atoms with Crippen LogP contribution in [0.1, 0.15) is 26.6 Å². The molecule has 0 atom stereocenters. The van der Waals surface area contributed by atoms with Crippen LogP contribution in [0.2, 0.25) is 5.02 Å². The lowest BCUT2D eigenvalue weighted by Gasteiger charge is -2.17. The van der Waals surface area contributed by atoms with E-state index in [4.69, 9.17) is 16.3 Å². The molecule has 1 aliphatic rings. The number of amides is 2. The molecule has 0 saturated carbocycles. The molecule has 164 valence electrons. The van der Waals surface area contributed by atoms with Crippen LogP contribution < -0.4 is 15.4 Å². The molecule has 1 aliphatic heterocycles. The van der Waals surface area contributed by atoms with Crippen LogP contribution in [0.5, 0.6) is 5.75 Å². The van der Waals surface area contributed by atoms with Gasteiger partial charge in [0, 0.05) is 22.5 Å². The molecule has 9 heteroatoms. The van der Waals surface area contributed by atoms with E-state index in [0.29, 0.717) is 39.9 Å². The molecule has 2 aromatic carbocycles. The smallest absolute Gasteiger partial charge is 0.270 e. The Balaban J connectivity index is 1.28. The van der Waals surface area contributed by atoms with Crippen LogP contribution >= 0.6 is 22.9 Å². The van der Waals surface area contributed by atoms with Gasteiger partial charge in [0.05, 0.1) is 12.1 Å². The number of carbonyl (C=O) groups is 2. The highest BCUT2D eigenvalue weighted by Crippen LogP contribution is 2.29. The Morgan fingerprint density at radius 2 is 2.00 bits per heavy atom. The number of nitrogens with zero attached hydrogens (tertiary/aromatic N) is 1. The van der Waals surface area contributed by atoms with E-state index in [2.05, 4.69) is 15.6 Å². The van der Waals surface area contributed by atoms with E-state index in [0.717, 1.165) is 5.56 Å². The molecule has 32 heavy (non-hydrogen) atoms. The Labute approximate surface area is 193 Å². The lowest BCUT2D eigenvalue weighted by atomic mass is 10.1. The van der Waals surface area contributed by atoms with Gasteiger partial charge in [0.15, 0.2) is 0 Å². The summed E-state index contributed by atoms with van der Waals surface area (Å²) in [6.45, 7) is 0.642. The van der Waals surface area contributed by atoms with Gasteiger partial charge in [-0.3, -0.25) is 9.59 Å². The molecular formula is C23H19ClFN3O3S. The van der Waals surface area contributed by atoms with Gasteiger partial charge in [-0.25, -0.2) is 9.37 Å². The van der Waals surface area contributed by atoms with Crippen molar-refractivity contribution in [1.82, 2.24) is 15.6 Å². The summed E-state index contributed by atoms with van der Waals surface area (Å²) >= 11 is 7.28. The summed E-state index contributed by atoms with van der Waals surface area (Å²) in [6, 6.07) is 11.7. The minimum atomic E-state index is -0.341. The monoisotopic (exact) mass is 471 g/mol. The van der Waals surface area contributed by atoms with Crippen LogP contribution in [-0.2, 0) is 17.8 Å². The van der Waals surface area contributed by atoms with Crippen molar-refractivity contribution in [2.75, 3.05) is 13.2 Å². The van der Waals surface area contributed by atoms with Gasteiger partial charge < -0.3 is 15.4 Å². The maximum atomic E-state index is 13.6. The average Bonchev–Trinajstić information content (AvgIpc) is 3.27. The lowest BCUT2D eigenvalue weighted by Crippen LogP contribution is -2.28. The first kappa shape index (κ1) is 22.0. The van der Waals surface area contributed by atoms with Crippen LogP contribution in [-0.4, -0.2) is 29.9 Å². The first-order valence-electron chi connectivity index (χ1n) is 9.87. The molecule has 0 bridgehead atoms. The molecular weight excluding hydrogens is 453 g/mol. The summed E-state index contributed by atoms with van der Waals surface area (Å²) in [5.41, 5.74) is 2.02. The van der Waals surface area contributed by atoms with E-state index in [1.54, 1.807) is 47.9 Å². The van der Waals surface area contributed by atoms with Crippen molar-refractivity contribution in [3.63, 3.8) is 0 Å². The molecule has 0 aliphatic carbocycles. The van der Waals surface area contributed by atoms with E-state index >= 15 is 0 Å². The van der Waals surface area contributed by atoms with Crippen LogP contribution in [0.15, 0.2) is 53.4 Å². The Bertz CT molecular complexity index is 1190. The topological polar surface area (TPSA) is 80.3 Å². The van der Waals surface area contributed by atoms with Crippen molar-refractivity contribution in [3.05, 3.63) is 86.1 Å². The van der Waals surface area contributed by atoms with E-state index in [1.165, 1.54) is 17.4 Å². The highest BCUT2D eigenvalue weighted by atomic mass is 35.5. The minimum Gasteiger partial charge on any atom is -0.488 e. The largest absolute Gasteiger partial charge is 0.488 e. The van der Waals surface area contributed by atoms with Gasteiger partial charge in [0.1, 0.15) is 28.9 Å². The van der Waals surface area contributed by atoms with Crippen molar-refractivity contribution in [3.8, 4) is 5.75 Å². The first-order valence-corrected chi connectivity index (χ1v) is 11.1. The number of hydrogen-bond donors (Lipinski definition) is 2. The Morgan fingerprint density at radius 3 is 2.84 bits per heavy atom. The van der Waals surface area contributed by atoms with E-state index in [9.17, 15) is 14.0 Å². The van der Waals surface area contributed by atoms with Gasteiger partial charge in [0.25, 0.3) is 11.8 Å². The third-order valence-electron chi connectivity index (χ3n) is 4.80. The number of hydrogen-bond acceptors (Lipinski definition) is 5. The van der Waals surface area contributed by atoms with Crippen LogP contribution in [0, 0.1) is 5.82 Å². The summed E-state index contributed by atoms with van der Waals surface area (Å²) in [7, 11) is 0. The maximum absolute atomic E-state index is 13.6. The molecule has 0 unspecified atom stereocenters. The van der Waals surface area contributed by atoms with E-state index in [-0.39, 0.29) is 36.5 Å². The normalized spacial score (nSPS) is 12.4. The van der Waals surface area contributed by atoms with Gasteiger partial charge >= 0.3 is 0 Å². The van der Waals surface area contributed by atoms with E-state index < -0.39 is 0 Å². The summed E-state index contributed by atoms with van der Waals surface area (Å²) in [5, 5.41) is 8.31. The predicted octanol–water partition coefficient (Wildman–Crippen LogP) is 4.00. The van der Waals surface area contributed by atoms with Gasteiger partial charge in [-0.15, -0.1) is 11.3 Å². The van der Waals surface area contributed by atoms with Crippen molar-refractivity contribution in [2.45, 2.75) is 13.0 Å². The van der Waals surface area contributed by atoms with Crippen LogP contribution in [0.25, 0.3) is 6.08 Å². The summed E-state index contributed by atoms with van der Waals surface area (Å²) in [5.74, 6) is -0.233. The highest BCUT2D eigenvalue weighted by Gasteiger charge is 2.18. The zero-order valence-electron chi connectivity index (χ0n) is 16.9. The van der Waals surface area contributed by atoms with E-state index in [1.807, 2.05) is 0 Å². The molecule has 6 nitrogen and oxygen atoms in total. The Morgan fingerprint density at radius 1 is 1.16 bits per heavy atom. The third-order valence-corrected chi connectivity index (χ3v) is 5.88. The molecule has 0 saturated heterocycles. The van der Waals surface area contributed by atoms with Crippen LogP contribution in [0.4, 0.5) is 4.39 Å². The van der Waals surface area contributed by atoms with Crippen molar-refractivity contribution in [1.29, 1.82) is 0 Å².